The minimum absolute atomic E-state index is 0.122. The second kappa shape index (κ2) is 6.96. The fraction of sp³-hybridized carbons (Fsp3) is 0.222. The van der Waals surface area contributed by atoms with Crippen LogP contribution in [-0.4, -0.2) is 22.4 Å². The van der Waals surface area contributed by atoms with Crippen molar-refractivity contribution in [3.05, 3.63) is 59.8 Å². The third-order valence-electron chi connectivity index (χ3n) is 3.49. The van der Waals surface area contributed by atoms with E-state index >= 15 is 0 Å². The molecule has 0 bridgehead atoms. The van der Waals surface area contributed by atoms with Crippen LogP contribution < -0.4 is 5.32 Å². The predicted octanol–water partition coefficient (Wildman–Crippen LogP) is 3.23. The Morgan fingerprint density at radius 1 is 1.30 bits per heavy atom. The zero-order chi connectivity index (χ0) is 16.1. The summed E-state index contributed by atoms with van der Waals surface area (Å²) < 4.78 is 5.37. The number of carbonyl (C=O) groups is 1. The summed E-state index contributed by atoms with van der Waals surface area (Å²) in [6, 6.07) is 11.6. The minimum atomic E-state index is -0.122. The van der Waals surface area contributed by atoms with E-state index in [4.69, 9.17) is 4.42 Å². The molecule has 2 N–H and O–H groups in total. The summed E-state index contributed by atoms with van der Waals surface area (Å²) >= 11 is 0. The summed E-state index contributed by atoms with van der Waals surface area (Å²) in [6.45, 7) is 2.48. The van der Waals surface area contributed by atoms with Crippen molar-refractivity contribution in [2.75, 3.05) is 6.54 Å². The number of fused-ring (bicyclic) bond motifs is 1. The smallest absolute Gasteiger partial charge is 0.244 e. The highest BCUT2D eigenvalue weighted by molar-refractivity contribution is 5.91. The molecule has 1 aromatic carbocycles. The largest absolute Gasteiger partial charge is 0.462 e. The Balaban J connectivity index is 1.42. The SMILES string of the molecule is Cc1ccc(/C=C/C(=O)NCCCc2nc3ccccc3[nH]2)o1. The maximum atomic E-state index is 11.7. The number of para-hydroxylation sites is 2. The van der Waals surface area contributed by atoms with Gasteiger partial charge in [-0.05, 0) is 43.7 Å². The van der Waals surface area contributed by atoms with Crippen molar-refractivity contribution in [3.63, 3.8) is 0 Å². The van der Waals surface area contributed by atoms with Gasteiger partial charge in [0.25, 0.3) is 0 Å². The van der Waals surface area contributed by atoms with E-state index in [1.807, 2.05) is 43.3 Å². The summed E-state index contributed by atoms with van der Waals surface area (Å²) in [4.78, 5) is 19.5. The van der Waals surface area contributed by atoms with E-state index in [0.717, 1.165) is 35.5 Å². The number of aryl methyl sites for hydroxylation is 2. The van der Waals surface area contributed by atoms with Crippen LogP contribution in [0.2, 0.25) is 0 Å². The molecule has 0 aliphatic rings. The van der Waals surface area contributed by atoms with Gasteiger partial charge in [0.2, 0.25) is 5.91 Å². The maximum absolute atomic E-state index is 11.7. The first kappa shape index (κ1) is 15.1. The number of rotatable bonds is 6. The van der Waals surface area contributed by atoms with Gasteiger partial charge in [0, 0.05) is 19.0 Å². The van der Waals surface area contributed by atoms with Gasteiger partial charge in [0.1, 0.15) is 17.3 Å². The van der Waals surface area contributed by atoms with Gasteiger partial charge in [0.05, 0.1) is 11.0 Å². The van der Waals surface area contributed by atoms with Gasteiger partial charge in [-0.15, -0.1) is 0 Å². The molecular weight excluding hydrogens is 290 g/mol. The number of benzene rings is 1. The Morgan fingerprint density at radius 3 is 2.96 bits per heavy atom. The van der Waals surface area contributed by atoms with E-state index in [0.29, 0.717) is 12.3 Å². The van der Waals surface area contributed by atoms with Crippen LogP contribution in [0.1, 0.15) is 23.8 Å². The third-order valence-corrected chi connectivity index (χ3v) is 3.49. The van der Waals surface area contributed by atoms with E-state index in [1.54, 1.807) is 6.08 Å². The van der Waals surface area contributed by atoms with Crippen LogP contribution in [-0.2, 0) is 11.2 Å². The van der Waals surface area contributed by atoms with Crippen molar-refractivity contribution in [2.45, 2.75) is 19.8 Å². The molecule has 5 heteroatoms. The highest BCUT2D eigenvalue weighted by Gasteiger charge is 2.02. The number of H-pyrrole nitrogens is 1. The topological polar surface area (TPSA) is 70.9 Å². The van der Waals surface area contributed by atoms with Gasteiger partial charge in [0.15, 0.2) is 0 Å². The number of nitrogens with one attached hydrogen (secondary N) is 2. The highest BCUT2D eigenvalue weighted by Crippen LogP contribution is 2.11. The number of carbonyl (C=O) groups excluding carboxylic acids is 1. The molecule has 0 radical (unpaired) electrons. The van der Waals surface area contributed by atoms with Crippen molar-refractivity contribution in [1.29, 1.82) is 0 Å². The summed E-state index contributed by atoms with van der Waals surface area (Å²) in [5.74, 6) is 2.33. The molecule has 0 spiro atoms. The number of hydrogen-bond donors (Lipinski definition) is 2. The predicted molar refractivity (Wildman–Crippen MR) is 89.9 cm³/mol. The molecule has 3 aromatic rings. The zero-order valence-corrected chi connectivity index (χ0v) is 13.0. The van der Waals surface area contributed by atoms with Gasteiger partial charge in [-0.2, -0.15) is 0 Å². The first-order valence-electron chi connectivity index (χ1n) is 7.67. The molecule has 2 heterocycles. The second-order valence-electron chi connectivity index (χ2n) is 5.38. The Hall–Kier alpha value is -2.82. The summed E-state index contributed by atoms with van der Waals surface area (Å²) in [6.07, 6.45) is 4.79. The van der Waals surface area contributed by atoms with Crippen LogP contribution in [0.3, 0.4) is 0 Å². The number of hydrogen-bond acceptors (Lipinski definition) is 3. The molecule has 118 valence electrons. The molecule has 5 nitrogen and oxygen atoms in total. The Morgan fingerprint density at radius 2 is 2.17 bits per heavy atom. The number of aromatic amines is 1. The van der Waals surface area contributed by atoms with E-state index in [2.05, 4.69) is 15.3 Å². The lowest BCUT2D eigenvalue weighted by molar-refractivity contribution is -0.116. The molecule has 23 heavy (non-hydrogen) atoms. The zero-order valence-electron chi connectivity index (χ0n) is 13.0. The van der Waals surface area contributed by atoms with Crippen LogP contribution in [0, 0.1) is 6.92 Å². The summed E-state index contributed by atoms with van der Waals surface area (Å²) in [5, 5.41) is 2.85. The molecular formula is C18H19N3O2. The molecule has 0 saturated carbocycles. The maximum Gasteiger partial charge on any atom is 0.244 e. The standard InChI is InChI=1S/C18H19N3O2/c1-13-8-9-14(23-13)10-11-18(22)19-12-4-7-17-20-15-5-2-3-6-16(15)21-17/h2-3,5-6,8-11H,4,7,12H2,1H3,(H,19,22)(H,20,21)/b11-10+. The van der Waals surface area contributed by atoms with Gasteiger partial charge >= 0.3 is 0 Å². The monoisotopic (exact) mass is 309 g/mol. The minimum Gasteiger partial charge on any atom is -0.462 e. The quantitative estimate of drug-likeness (QED) is 0.542. The summed E-state index contributed by atoms with van der Waals surface area (Å²) in [7, 11) is 0. The number of amides is 1. The molecule has 3 rings (SSSR count). The molecule has 0 unspecified atom stereocenters. The van der Waals surface area contributed by atoms with Crippen molar-refractivity contribution >= 4 is 23.0 Å². The van der Waals surface area contributed by atoms with Crippen molar-refractivity contribution in [1.82, 2.24) is 15.3 Å². The number of aromatic nitrogens is 2. The van der Waals surface area contributed by atoms with Crippen LogP contribution in [0.15, 0.2) is 46.9 Å². The van der Waals surface area contributed by atoms with Crippen LogP contribution in [0.25, 0.3) is 17.1 Å². The van der Waals surface area contributed by atoms with Gasteiger partial charge in [-0.25, -0.2) is 4.98 Å². The molecule has 0 fully saturated rings. The lowest BCUT2D eigenvalue weighted by Gasteiger charge is -2.00. The lowest BCUT2D eigenvalue weighted by Crippen LogP contribution is -2.22. The number of furan rings is 1. The van der Waals surface area contributed by atoms with E-state index in [9.17, 15) is 4.79 Å². The molecule has 0 saturated heterocycles. The summed E-state index contributed by atoms with van der Waals surface area (Å²) in [5.41, 5.74) is 2.02. The fourth-order valence-electron chi connectivity index (χ4n) is 2.35. The van der Waals surface area contributed by atoms with Crippen LogP contribution in [0.4, 0.5) is 0 Å². The van der Waals surface area contributed by atoms with E-state index in [-0.39, 0.29) is 5.91 Å². The third kappa shape index (κ3) is 4.10. The molecule has 1 amide bonds. The Kier molecular flexibility index (Phi) is 4.57. The van der Waals surface area contributed by atoms with Crippen LogP contribution >= 0.6 is 0 Å². The van der Waals surface area contributed by atoms with Gasteiger partial charge in [-0.1, -0.05) is 12.1 Å². The molecule has 2 aromatic heterocycles. The molecule has 0 aliphatic carbocycles. The fourth-order valence-corrected chi connectivity index (χ4v) is 2.35. The average molecular weight is 309 g/mol. The molecule has 0 aliphatic heterocycles. The average Bonchev–Trinajstić information content (AvgIpc) is 3.15. The van der Waals surface area contributed by atoms with E-state index < -0.39 is 0 Å². The van der Waals surface area contributed by atoms with Crippen molar-refractivity contribution in [2.24, 2.45) is 0 Å². The molecule has 0 atom stereocenters. The normalized spacial score (nSPS) is 11.3. The van der Waals surface area contributed by atoms with Crippen molar-refractivity contribution in [3.8, 4) is 0 Å². The Bertz CT molecular complexity index is 797. The van der Waals surface area contributed by atoms with Gasteiger partial charge < -0.3 is 14.7 Å². The first-order chi connectivity index (χ1) is 11.2. The Labute approximate surface area is 134 Å². The number of nitrogens with zero attached hydrogens (tertiary/aromatic N) is 1. The van der Waals surface area contributed by atoms with Gasteiger partial charge in [-0.3, -0.25) is 4.79 Å². The van der Waals surface area contributed by atoms with Crippen LogP contribution in [0.5, 0.6) is 0 Å². The second-order valence-corrected chi connectivity index (χ2v) is 5.38. The number of imidazole rings is 1. The van der Waals surface area contributed by atoms with Crippen molar-refractivity contribution < 1.29 is 9.21 Å². The highest BCUT2D eigenvalue weighted by atomic mass is 16.3. The van der Waals surface area contributed by atoms with E-state index in [1.165, 1.54) is 6.08 Å². The lowest BCUT2D eigenvalue weighted by atomic mass is 10.3. The first-order valence-corrected chi connectivity index (χ1v) is 7.67.